The molecule has 4 aromatic rings. The number of esters is 1. The maximum atomic E-state index is 12.9. The zero-order chi connectivity index (χ0) is 43.0. The van der Waals surface area contributed by atoms with Gasteiger partial charge in [0.2, 0.25) is 11.1 Å². The molecule has 3 atom stereocenters. The third-order valence-electron chi connectivity index (χ3n) is 10.0. The number of hydrogen-bond donors (Lipinski definition) is 3. The topological polar surface area (TPSA) is 202 Å². The van der Waals surface area contributed by atoms with Crippen LogP contribution in [0.25, 0.3) is 22.3 Å². The van der Waals surface area contributed by atoms with Crippen LogP contribution in [0.3, 0.4) is 0 Å². The van der Waals surface area contributed by atoms with Crippen LogP contribution in [0.2, 0.25) is 0 Å². The molecule has 0 aromatic heterocycles. The quantitative estimate of drug-likeness (QED) is 0.114. The van der Waals surface area contributed by atoms with E-state index < -0.39 is 46.6 Å². The SMILES string of the molecule is CC1CCCO1.CCOC(=O)C(C)(C(=O)NC)N(C)C(=O)c1ccc(-c2ccccc2)cc1.CNC(=O)C(C)(C(=O)O)N(C)C(=O)c1ccc(-c2ccccc2)cc1.[K+].[OH-]. The number of ether oxygens (including phenoxy) is 2. The first-order valence-corrected chi connectivity index (χ1v) is 18.9. The van der Waals surface area contributed by atoms with Crippen LogP contribution in [0.4, 0.5) is 0 Å². The molecule has 60 heavy (non-hydrogen) atoms. The van der Waals surface area contributed by atoms with E-state index in [-0.39, 0.29) is 63.5 Å². The van der Waals surface area contributed by atoms with Crippen molar-refractivity contribution in [1.29, 1.82) is 0 Å². The van der Waals surface area contributed by atoms with E-state index in [2.05, 4.69) is 17.6 Å². The predicted molar refractivity (Wildman–Crippen MR) is 224 cm³/mol. The molecule has 0 radical (unpaired) electrons. The van der Waals surface area contributed by atoms with Crippen molar-refractivity contribution in [1.82, 2.24) is 20.4 Å². The number of carbonyl (C=O) groups excluding carboxylic acids is 5. The Hall–Kier alpha value is -4.74. The summed E-state index contributed by atoms with van der Waals surface area (Å²) in [6.07, 6.45) is 3.08. The van der Waals surface area contributed by atoms with E-state index in [1.807, 2.05) is 72.8 Å². The van der Waals surface area contributed by atoms with Crippen LogP contribution in [0.5, 0.6) is 0 Å². The van der Waals surface area contributed by atoms with Crippen molar-refractivity contribution in [3.8, 4) is 22.3 Å². The first kappa shape index (κ1) is 53.3. The number of rotatable bonds is 11. The maximum Gasteiger partial charge on any atom is 1.00 e. The Morgan fingerprint density at radius 3 is 1.35 bits per heavy atom. The average molecular weight is 851 g/mol. The summed E-state index contributed by atoms with van der Waals surface area (Å²) < 4.78 is 10.2. The van der Waals surface area contributed by atoms with Gasteiger partial charge in [-0.2, -0.15) is 0 Å². The van der Waals surface area contributed by atoms with E-state index in [0.717, 1.165) is 38.7 Å². The Morgan fingerprint density at radius 2 is 1.05 bits per heavy atom. The van der Waals surface area contributed by atoms with Crippen LogP contribution < -0.4 is 62.0 Å². The van der Waals surface area contributed by atoms with Gasteiger partial charge in [-0.1, -0.05) is 84.9 Å². The molecule has 14 nitrogen and oxygen atoms in total. The molecule has 0 bridgehead atoms. The second-order valence-corrected chi connectivity index (χ2v) is 13.8. The molecule has 1 heterocycles. The molecule has 3 unspecified atom stereocenters. The fourth-order valence-electron chi connectivity index (χ4n) is 5.94. The van der Waals surface area contributed by atoms with E-state index in [1.165, 1.54) is 54.9 Å². The Kier molecular flexibility index (Phi) is 22.3. The monoisotopic (exact) mass is 850 g/mol. The molecule has 15 heteroatoms. The number of nitrogens with one attached hydrogen (secondary N) is 2. The van der Waals surface area contributed by atoms with Crippen LogP contribution >= 0.6 is 0 Å². The first-order valence-electron chi connectivity index (χ1n) is 18.9. The molecule has 0 aliphatic carbocycles. The van der Waals surface area contributed by atoms with Gasteiger partial charge in [0.05, 0.1) is 12.7 Å². The number of carbonyl (C=O) groups is 6. The van der Waals surface area contributed by atoms with Gasteiger partial charge in [0, 0.05) is 45.9 Å². The number of hydrogen-bond acceptors (Lipinski definition) is 9. The van der Waals surface area contributed by atoms with Crippen molar-refractivity contribution in [2.45, 2.75) is 57.7 Å². The summed E-state index contributed by atoms with van der Waals surface area (Å²) in [5.74, 6) is -4.55. The largest absolute Gasteiger partial charge is 1.00 e. The molecule has 316 valence electrons. The summed E-state index contributed by atoms with van der Waals surface area (Å²) in [6.45, 7) is 7.43. The molecular weight excluding hydrogens is 796 g/mol. The molecule has 4 amide bonds. The van der Waals surface area contributed by atoms with Gasteiger partial charge >= 0.3 is 63.3 Å². The van der Waals surface area contributed by atoms with Gasteiger partial charge in [-0.15, -0.1) is 0 Å². The van der Waals surface area contributed by atoms with E-state index in [0.29, 0.717) is 17.2 Å². The Bertz CT molecular complexity index is 2010. The van der Waals surface area contributed by atoms with Crippen molar-refractivity contribution in [2.24, 2.45) is 0 Å². The van der Waals surface area contributed by atoms with Gasteiger partial charge < -0.3 is 40.5 Å². The summed E-state index contributed by atoms with van der Waals surface area (Å²) in [5.41, 5.74) is 0.864. The molecule has 4 N–H and O–H groups in total. The number of likely N-dealkylation sites (N-methyl/N-ethyl adjacent to an activating group) is 4. The number of carboxylic acid groups (broad SMARTS) is 1. The molecule has 1 aliphatic heterocycles. The summed E-state index contributed by atoms with van der Waals surface area (Å²) in [7, 11) is 5.46. The fourth-order valence-corrected chi connectivity index (χ4v) is 5.94. The Morgan fingerprint density at radius 1 is 0.683 bits per heavy atom. The van der Waals surface area contributed by atoms with E-state index >= 15 is 0 Å². The predicted octanol–water partition coefficient (Wildman–Crippen LogP) is 2.52. The van der Waals surface area contributed by atoms with E-state index in [9.17, 15) is 33.9 Å². The summed E-state index contributed by atoms with van der Waals surface area (Å²) in [5, 5.41) is 14.2. The Labute approximate surface area is 394 Å². The number of aliphatic carboxylic acids is 1. The second kappa shape index (κ2) is 25.1. The second-order valence-electron chi connectivity index (χ2n) is 13.8. The van der Waals surface area contributed by atoms with Gasteiger partial charge in [0.1, 0.15) is 0 Å². The normalized spacial score (nSPS) is 14.4. The molecule has 1 fully saturated rings. The third-order valence-corrected chi connectivity index (χ3v) is 10.0. The zero-order valence-electron chi connectivity index (χ0n) is 35.9. The van der Waals surface area contributed by atoms with Crippen LogP contribution in [-0.2, 0) is 28.7 Å². The standard InChI is InChI=1S/C21H24N2O4.C19H20N2O4.C5H10O.K.H2O/c1-5-27-20(26)21(2,19(25)22-3)23(4)18(24)17-13-11-16(12-14-17)15-9-7-6-8-10-15;1-19(18(24)25,17(23)20-2)21(3)16(22)15-11-9-14(10-12-15)13-7-5-4-6-8-13;1-5-3-2-4-6-5;;/h6-14H,5H2,1-4H3,(H,22,25);4-12H,1-3H3,(H,20,23)(H,24,25);5H,2-4H2,1H3;;1H2/q;;;+1;/p-1. The third kappa shape index (κ3) is 13.1. The number of amides is 4. The van der Waals surface area contributed by atoms with Crippen molar-refractivity contribution in [3.63, 3.8) is 0 Å². The molecule has 5 rings (SSSR count). The summed E-state index contributed by atoms with van der Waals surface area (Å²) in [6, 6.07) is 33.3. The van der Waals surface area contributed by atoms with Crippen molar-refractivity contribution in [2.75, 3.05) is 41.4 Å². The summed E-state index contributed by atoms with van der Waals surface area (Å²) >= 11 is 0. The zero-order valence-corrected chi connectivity index (χ0v) is 39.0. The minimum absolute atomic E-state index is 0. The van der Waals surface area contributed by atoms with E-state index in [1.54, 1.807) is 43.3 Å². The fraction of sp³-hybridized carbons (Fsp3) is 0.333. The first-order chi connectivity index (χ1) is 27.6. The van der Waals surface area contributed by atoms with Gasteiger partial charge in [0.15, 0.2) is 0 Å². The molecule has 1 saturated heterocycles. The van der Waals surface area contributed by atoms with Crippen LogP contribution in [0, 0.1) is 0 Å². The minimum Gasteiger partial charge on any atom is -0.870 e. The minimum atomic E-state index is -2.00. The molecule has 4 aromatic carbocycles. The molecular formula is C45H55KN4O10. The van der Waals surface area contributed by atoms with Gasteiger partial charge in [-0.3, -0.25) is 19.2 Å². The maximum absolute atomic E-state index is 12.9. The van der Waals surface area contributed by atoms with Gasteiger partial charge in [0.25, 0.3) is 23.6 Å². The van der Waals surface area contributed by atoms with Crippen molar-refractivity contribution in [3.05, 3.63) is 120 Å². The van der Waals surface area contributed by atoms with Gasteiger partial charge in [-0.05, 0) is 87.1 Å². The van der Waals surface area contributed by atoms with Crippen molar-refractivity contribution < 1.29 is 100 Å². The molecule has 1 aliphatic rings. The number of carboxylic acids is 1. The average Bonchev–Trinajstić information content (AvgIpc) is 3.75. The van der Waals surface area contributed by atoms with Gasteiger partial charge in [-0.25, -0.2) is 9.59 Å². The van der Waals surface area contributed by atoms with Crippen molar-refractivity contribution >= 4 is 35.6 Å². The van der Waals surface area contributed by atoms with Crippen LogP contribution in [0.15, 0.2) is 109 Å². The van der Waals surface area contributed by atoms with Crippen LogP contribution in [-0.4, -0.2) is 115 Å². The summed E-state index contributed by atoms with van der Waals surface area (Å²) in [4.78, 5) is 76.0. The molecule has 0 saturated carbocycles. The smallest absolute Gasteiger partial charge is 0.870 e. The number of benzene rings is 4. The van der Waals surface area contributed by atoms with Crippen LogP contribution in [0.1, 0.15) is 61.3 Å². The molecule has 0 spiro atoms. The number of nitrogens with zero attached hydrogens (tertiary/aromatic N) is 2. The van der Waals surface area contributed by atoms with E-state index in [4.69, 9.17) is 9.47 Å². The Balaban J connectivity index is 0.000000511.